The van der Waals surface area contributed by atoms with E-state index < -0.39 is 52.6 Å². The normalized spacial score (nSPS) is 11.8. The van der Waals surface area contributed by atoms with Crippen LogP contribution in [0.5, 0.6) is 5.75 Å². The van der Waals surface area contributed by atoms with E-state index >= 15 is 0 Å². The van der Waals surface area contributed by atoms with Crippen molar-refractivity contribution in [3.63, 3.8) is 0 Å². The largest absolute Gasteiger partial charge is 0.497 e. The molecule has 0 bridgehead atoms. The molecule has 2 rings (SSSR count). The molecule has 160 valence electrons. The Hall–Kier alpha value is -3.63. The molecular weight excluding hydrogens is 413 g/mol. The van der Waals surface area contributed by atoms with E-state index in [4.69, 9.17) is 4.74 Å². The number of hydrogen-bond acceptors (Lipinski definition) is 4. The number of ether oxygens (including phenoxy) is 1. The molecule has 0 saturated carbocycles. The molecule has 6 nitrogen and oxygen atoms in total. The predicted molar refractivity (Wildman–Crippen MR) is 97.6 cm³/mol. The van der Waals surface area contributed by atoms with Crippen molar-refractivity contribution in [1.82, 2.24) is 10.7 Å². The van der Waals surface area contributed by atoms with Crippen LogP contribution in [0.15, 0.2) is 30.3 Å². The van der Waals surface area contributed by atoms with Crippen LogP contribution in [-0.4, -0.2) is 25.0 Å². The first kappa shape index (κ1) is 22.7. The molecule has 2 aromatic rings. The summed E-state index contributed by atoms with van der Waals surface area (Å²) in [6.07, 6.45) is 2.61. The summed E-state index contributed by atoms with van der Waals surface area (Å²) in [5.74, 6) is -12.0. The minimum Gasteiger partial charge on any atom is -0.497 e. The standard InChI is InChI=1S/C19H16F5N3O3/c1-9(25-12(28)8-5-10-3-6-11(30-2)7-4-10)19(29)27-26-18-16(23)14(21)13(20)15(22)17(18)24/h3-9,26H,1-2H3,(H,25,28)(H,27,29)/b8-5+. The summed E-state index contributed by atoms with van der Waals surface area (Å²) in [5, 5.41) is 2.27. The molecule has 1 unspecified atom stereocenters. The monoisotopic (exact) mass is 429 g/mol. The molecule has 0 aromatic heterocycles. The number of rotatable bonds is 7. The van der Waals surface area contributed by atoms with Gasteiger partial charge in [-0.2, -0.15) is 0 Å². The van der Waals surface area contributed by atoms with Crippen molar-refractivity contribution >= 4 is 23.6 Å². The van der Waals surface area contributed by atoms with Crippen molar-refractivity contribution < 1.29 is 36.3 Å². The summed E-state index contributed by atoms with van der Waals surface area (Å²) < 4.78 is 71.4. The lowest BCUT2D eigenvalue weighted by atomic mass is 10.2. The lowest BCUT2D eigenvalue weighted by Gasteiger charge is -2.15. The maximum Gasteiger partial charge on any atom is 0.260 e. The highest BCUT2D eigenvalue weighted by Crippen LogP contribution is 2.26. The molecule has 0 aliphatic rings. The first-order valence-electron chi connectivity index (χ1n) is 8.35. The van der Waals surface area contributed by atoms with Crippen LogP contribution < -0.4 is 20.9 Å². The molecule has 0 saturated heterocycles. The third-order valence-electron chi connectivity index (χ3n) is 3.82. The van der Waals surface area contributed by atoms with Crippen LogP contribution in [0.4, 0.5) is 27.6 Å². The second-order valence-corrected chi connectivity index (χ2v) is 5.90. The summed E-state index contributed by atoms with van der Waals surface area (Å²) in [6, 6.07) is 5.53. The van der Waals surface area contributed by atoms with Gasteiger partial charge < -0.3 is 10.1 Å². The molecule has 0 spiro atoms. The molecule has 30 heavy (non-hydrogen) atoms. The van der Waals surface area contributed by atoms with E-state index in [1.54, 1.807) is 35.1 Å². The molecular formula is C19H16F5N3O3. The van der Waals surface area contributed by atoms with Gasteiger partial charge in [-0.15, -0.1) is 0 Å². The van der Waals surface area contributed by atoms with Gasteiger partial charge in [-0.1, -0.05) is 12.1 Å². The number of hydrazine groups is 1. The van der Waals surface area contributed by atoms with Crippen molar-refractivity contribution in [2.45, 2.75) is 13.0 Å². The topological polar surface area (TPSA) is 79.5 Å². The molecule has 0 aliphatic carbocycles. The van der Waals surface area contributed by atoms with Crippen LogP contribution in [-0.2, 0) is 9.59 Å². The number of anilines is 1. The molecule has 1 atom stereocenters. The number of carbonyl (C=O) groups excluding carboxylic acids is 2. The van der Waals surface area contributed by atoms with Crippen molar-refractivity contribution in [3.05, 3.63) is 65.0 Å². The molecule has 11 heteroatoms. The molecule has 0 heterocycles. The van der Waals surface area contributed by atoms with Crippen LogP contribution >= 0.6 is 0 Å². The SMILES string of the molecule is COc1ccc(/C=C/C(=O)NC(C)C(=O)NNc2c(F)c(F)c(F)c(F)c2F)cc1. The Kier molecular flexibility index (Phi) is 7.34. The van der Waals surface area contributed by atoms with Crippen molar-refractivity contribution in [2.24, 2.45) is 0 Å². The number of nitrogens with one attached hydrogen (secondary N) is 3. The number of hydrogen-bond donors (Lipinski definition) is 3. The van der Waals surface area contributed by atoms with E-state index in [9.17, 15) is 31.5 Å². The smallest absolute Gasteiger partial charge is 0.260 e. The van der Waals surface area contributed by atoms with E-state index in [1.165, 1.54) is 20.1 Å². The maximum absolute atomic E-state index is 13.6. The second-order valence-electron chi connectivity index (χ2n) is 5.90. The Morgan fingerprint density at radius 3 is 2.00 bits per heavy atom. The van der Waals surface area contributed by atoms with E-state index in [2.05, 4.69) is 5.32 Å². The van der Waals surface area contributed by atoms with Crippen LogP contribution in [0.2, 0.25) is 0 Å². The highest BCUT2D eigenvalue weighted by molar-refractivity contribution is 5.95. The van der Waals surface area contributed by atoms with E-state index in [0.29, 0.717) is 11.3 Å². The van der Waals surface area contributed by atoms with Gasteiger partial charge in [-0.3, -0.25) is 20.4 Å². The van der Waals surface area contributed by atoms with Crippen LogP contribution in [0.25, 0.3) is 6.08 Å². The van der Waals surface area contributed by atoms with Gasteiger partial charge in [0, 0.05) is 6.08 Å². The summed E-state index contributed by atoms with van der Waals surface area (Å²) in [5.41, 5.74) is 2.65. The zero-order chi connectivity index (χ0) is 22.4. The Balaban J connectivity index is 1.95. The van der Waals surface area contributed by atoms with Gasteiger partial charge in [-0.25, -0.2) is 22.0 Å². The lowest BCUT2D eigenvalue weighted by Crippen LogP contribution is -2.46. The number of halogens is 5. The average Bonchev–Trinajstić information content (AvgIpc) is 2.75. The molecule has 0 radical (unpaired) electrons. The summed E-state index contributed by atoms with van der Waals surface area (Å²) in [4.78, 5) is 23.8. The first-order valence-corrected chi connectivity index (χ1v) is 8.35. The highest BCUT2D eigenvalue weighted by Gasteiger charge is 2.26. The molecule has 0 aliphatic heterocycles. The van der Waals surface area contributed by atoms with Gasteiger partial charge in [0.05, 0.1) is 7.11 Å². The number of carbonyl (C=O) groups is 2. The van der Waals surface area contributed by atoms with Crippen LogP contribution in [0.1, 0.15) is 12.5 Å². The van der Waals surface area contributed by atoms with Crippen molar-refractivity contribution in [3.8, 4) is 5.75 Å². The fraction of sp³-hybridized carbons (Fsp3) is 0.158. The minimum absolute atomic E-state index is 0.628. The molecule has 3 N–H and O–H groups in total. The van der Waals surface area contributed by atoms with Gasteiger partial charge >= 0.3 is 0 Å². The number of methoxy groups -OCH3 is 1. The minimum atomic E-state index is -2.33. The second kappa shape index (κ2) is 9.72. The zero-order valence-electron chi connectivity index (χ0n) is 15.7. The predicted octanol–water partition coefficient (Wildman–Crippen LogP) is 3.05. The Morgan fingerprint density at radius 2 is 1.47 bits per heavy atom. The summed E-state index contributed by atoms with van der Waals surface area (Å²) in [7, 11) is 1.51. The maximum atomic E-state index is 13.6. The Bertz CT molecular complexity index is 951. The van der Waals surface area contributed by atoms with Gasteiger partial charge in [-0.05, 0) is 30.7 Å². The van der Waals surface area contributed by atoms with Gasteiger partial charge in [0.2, 0.25) is 11.7 Å². The summed E-state index contributed by atoms with van der Waals surface area (Å²) in [6.45, 7) is 1.24. The molecule has 2 amide bonds. The van der Waals surface area contributed by atoms with Crippen molar-refractivity contribution in [2.75, 3.05) is 12.5 Å². The van der Waals surface area contributed by atoms with Crippen molar-refractivity contribution in [1.29, 1.82) is 0 Å². The molecule has 2 aromatic carbocycles. The van der Waals surface area contributed by atoms with Crippen LogP contribution in [0.3, 0.4) is 0 Å². The third kappa shape index (κ3) is 5.25. The van der Waals surface area contributed by atoms with Gasteiger partial charge in [0.25, 0.3) is 5.91 Å². The fourth-order valence-electron chi connectivity index (χ4n) is 2.16. The zero-order valence-corrected chi connectivity index (χ0v) is 15.7. The quantitative estimate of drug-likeness (QED) is 0.208. The van der Waals surface area contributed by atoms with E-state index in [0.717, 1.165) is 6.08 Å². The third-order valence-corrected chi connectivity index (χ3v) is 3.82. The number of amides is 2. The first-order chi connectivity index (χ1) is 14.1. The molecule has 0 fully saturated rings. The van der Waals surface area contributed by atoms with E-state index in [1.807, 2.05) is 0 Å². The Labute approximate surface area is 167 Å². The van der Waals surface area contributed by atoms with E-state index in [-0.39, 0.29) is 0 Å². The van der Waals surface area contributed by atoms with Gasteiger partial charge in [0.1, 0.15) is 17.5 Å². The Morgan fingerprint density at radius 1 is 0.933 bits per heavy atom. The average molecular weight is 429 g/mol. The summed E-state index contributed by atoms with van der Waals surface area (Å²) >= 11 is 0. The van der Waals surface area contributed by atoms with Gasteiger partial charge in [0.15, 0.2) is 23.3 Å². The number of benzene rings is 2. The fourth-order valence-corrected chi connectivity index (χ4v) is 2.16. The lowest BCUT2D eigenvalue weighted by molar-refractivity contribution is -0.126. The highest BCUT2D eigenvalue weighted by atomic mass is 19.2. The van der Waals surface area contributed by atoms with Crippen LogP contribution in [0, 0.1) is 29.1 Å².